The number of aromatic nitrogens is 2. The Morgan fingerprint density at radius 3 is 2.95 bits per heavy atom. The van der Waals surface area contributed by atoms with E-state index < -0.39 is 6.10 Å². The van der Waals surface area contributed by atoms with Gasteiger partial charge < -0.3 is 10.0 Å². The molecule has 2 atom stereocenters. The molecule has 0 spiro atoms. The Balaban J connectivity index is 1.89. The molecule has 1 aliphatic heterocycles. The Labute approximate surface area is 133 Å². The minimum atomic E-state index is -0.478. The van der Waals surface area contributed by atoms with E-state index in [2.05, 4.69) is 10.2 Å². The number of carbonyl (C=O) groups excluding carboxylic acids is 1. The van der Waals surface area contributed by atoms with Crippen LogP contribution < -0.4 is 0 Å². The maximum atomic E-state index is 12.7. The van der Waals surface area contributed by atoms with Gasteiger partial charge in [-0.25, -0.2) is 0 Å². The molecule has 6 heteroatoms. The maximum absolute atomic E-state index is 12.7. The van der Waals surface area contributed by atoms with Crippen molar-refractivity contribution in [1.82, 2.24) is 15.1 Å². The maximum Gasteiger partial charge on any atom is 0.257 e. The highest BCUT2D eigenvalue weighted by atomic mass is 35.5. The van der Waals surface area contributed by atoms with Crippen molar-refractivity contribution < 1.29 is 9.90 Å². The number of rotatable bonds is 2. The number of amides is 1. The molecule has 1 aliphatic rings. The van der Waals surface area contributed by atoms with E-state index in [-0.39, 0.29) is 11.8 Å². The number of β-amino-alcohol motifs (C(OH)–C–C–N with tert-alkyl or cyclic N) is 1. The molecule has 0 bridgehead atoms. The fourth-order valence-electron chi connectivity index (χ4n) is 2.72. The number of likely N-dealkylation sites (tertiary alicyclic amines) is 1. The van der Waals surface area contributed by atoms with Gasteiger partial charge in [0.05, 0.1) is 23.6 Å². The number of aliphatic hydroxyl groups excluding tert-OH is 1. The highest BCUT2D eigenvalue weighted by Gasteiger charge is 2.29. The normalized spacial score (nSPS) is 21.9. The van der Waals surface area contributed by atoms with Gasteiger partial charge >= 0.3 is 0 Å². The average Bonchev–Trinajstić information content (AvgIpc) is 2.99. The van der Waals surface area contributed by atoms with Crippen LogP contribution in [0, 0.1) is 5.92 Å². The quantitative estimate of drug-likeness (QED) is 0.894. The number of benzene rings is 1. The lowest BCUT2D eigenvalue weighted by molar-refractivity contribution is 0.0249. The fraction of sp³-hybridized carbons (Fsp3) is 0.375. The van der Waals surface area contributed by atoms with Crippen molar-refractivity contribution in [3.8, 4) is 11.3 Å². The Hall–Kier alpha value is -1.85. The van der Waals surface area contributed by atoms with Gasteiger partial charge in [0.25, 0.3) is 5.91 Å². The van der Waals surface area contributed by atoms with Gasteiger partial charge in [0.15, 0.2) is 0 Å². The van der Waals surface area contributed by atoms with Crippen molar-refractivity contribution in [3.05, 3.63) is 41.0 Å². The molecule has 0 aliphatic carbocycles. The van der Waals surface area contributed by atoms with Crippen LogP contribution in [-0.4, -0.2) is 45.3 Å². The van der Waals surface area contributed by atoms with Crippen LogP contribution in [0.15, 0.2) is 30.5 Å². The second-order valence-corrected chi connectivity index (χ2v) is 6.13. The van der Waals surface area contributed by atoms with Crippen LogP contribution in [0.25, 0.3) is 11.3 Å². The summed E-state index contributed by atoms with van der Waals surface area (Å²) in [6.45, 7) is 3.00. The van der Waals surface area contributed by atoms with E-state index in [4.69, 9.17) is 11.6 Å². The topological polar surface area (TPSA) is 69.2 Å². The molecule has 1 saturated heterocycles. The average molecular weight is 320 g/mol. The molecule has 116 valence electrons. The highest BCUT2D eigenvalue weighted by Crippen LogP contribution is 2.29. The molecular weight excluding hydrogens is 302 g/mol. The summed E-state index contributed by atoms with van der Waals surface area (Å²) in [4.78, 5) is 14.4. The van der Waals surface area contributed by atoms with Gasteiger partial charge in [-0.05, 0) is 18.4 Å². The summed E-state index contributed by atoms with van der Waals surface area (Å²) >= 11 is 6.21. The van der Waals surface area contributed by atoms with E-state index in [0.29, 0.717) is 29.4 Å². The standard InChI is InChI=1S/C16H18ClN3O2/c1-10-6-7-20(9-14(10)21)16(22)12-8-18-19-15(12)11-4-2-3-5-13(11)17/h2-5,8,10,14,21H,6-7,9H2,1H3,(H,18,19)/t10-,14-/m1/s1. The van der Waals surface area contributed by atoms with E-state index in [1.807, 2.05) is 25.1 Å². The predicted molar refractivity (Wildman–Crippen MR) is 84.7 cm³/mol. The second kappa shape index (κ2) is 6.10. The number of hydrogen-bond acceptors (Lipinski definition) is 3. The van der Waals surface area contributed by atoms with Crippen LogP contribution in [0.1, 0.15) is 23.7 Å². The monoisotopic (exact) mass is 319 g/mol. The molecule has 2 N–H and O–H groups in total. The van der Waals surface area contributed by atoms with Crippen LogP contribution in [0.5, 0.6) is 0 Å². The molecule has 1 amide bonds. The third-order valence-electron chi connectivity index (χ3n) is 4.22. The predicted octanol–water partition coefficient (Wildman–Crippen LogP) is 2.57. The number of H-pyrrole nitrogens is 1. The van der Waals surface area contributed by atoms with Crippen LogP contribution in [0.3, 0.4) is 0 Å². The highest BCUT2D eigenvalue weighted by molar-refractivity contribution is 6.33. The number of nitrogens with one attached hydrogen (secondary N) is 1. The van der Waals surface area contributed by atoms with Crippen LogP contribution >= 0.6 is 11.6 Å². The molecule has 1 aromatic carbocycles. The third kappa shape index (κ3) is 2.74. The zero-order chi connectivity index (χ0) is 15.7. The number of halogens is 1. The molecule has 0 unspecified atom stereocenters. The minimum Gasteiger partial charge on any atom is -0.391 e. The Morgan fingerprint density at radius 1 is 1.45 bits per heavy atom. The molecule has 3 rings (SSSR count). The van der Waals surface area contributed by atoms with Gasteiger partial charge in [-0.3, -0.25) is 9.89 Å². The fourth-order valence-corrected chi connectivity index (χ4v) is 2.95. The Morgan fingerprint density at radius 2 is 2.23 bits per heavy atom. The van der Waals surface area contributed by atoms with Crippen molar-refractivity contribution in [2.75, 3.05) is 13.1 Å². The number of aliphatic hydroxyl groups is 1. The first-order valence-corrected chi connectivity index (χ1v) is 7.71. The Bertz CT molecular complexity index is 686. The first kappa shape index (κ1) is 15.1. The smallest absolute Gasteiger partial charge is 0.257 e. The van der Waals surface area contributed by atoms with E-state index in [9.17, 15) is 9.90 Å². The zero-order valence-corrected chi connectivity index (χ0v) is 13.0. The second-order valence-electron chi connectivity index (χ2n) is 5.72. The number of carbonyl (C=O) groups is 1. The summed E-state index contributed by atoms with van der Waals surface area (Å²) < 4.78 is 0. The zero-order valence-electron chi connectivity index (χ0n) is 12.3. The third-order valence-corrected chi connectivity index (χ3v) is 4.55. The van der Waals surface area contributed by atoms with Gasteiger partial charge in [0.1, 0.15) is 0 Å². The SMILES string of the molecule is C[C@@H]1CCN(C(=O)c2cn[nH]c2-c2ccccc2Cl)C[C@H]1O. The molecule has 5 nitrogen and oxygen atoms in total. The summed E-state index contributed by atoms with van der Waals surface area (Å²) in [5.41, 5.74) is 1.84. The molecular formula is C16H18ClN3O2. The van der Waals surface area contributed by atoms with Gasteiger partial charge in [-0.15, -0.1) is 0 Å². The van der Waals surface area contributed by atoms with Gasteiger partial charge in [0, 0.05) is 23.7 Å². The van der Waals surface area contributed by atoms with E-state index >= 15 is 0 Å². The van der Waals surface area contributed by atoms with Gasteiger partial charge in [0.2, 0.25) is 0 Å². The van der Waals surface area contributed by atoms with E-state index in [0.717, 1.165) is 12.0 Å². The van der Waals surface area contributed by atoms with Crippen molar-refractivity contribution in [2.45, 2.75) is 19.4 Å². The van der Waals surface area contributed by atoms with E-state index in [1.165, 1.54) is 6.20 Å². The van der Waals surface area contributed by atoms with Gasteiger partial charge in [-0.1, -0.05) is 36.7 Å². The Kier molecular flexibility index (Phi) is 4.18. The van der Waals surface area contributed by atoms with Crippen molar-refractivity contribution in [1.29, 1.82) is 0 Å². The largest absolute Gasteiger partial charge is 0.391 e. The number of piperidine rings is 1. The first-order valence-electron chi connectivity index (χ1n) is 7.33. The lowest BCUT2D eigenvalue weighted by atomic mass is 9.95. The summed E-state index contributed by atoms with van der Waals surface area (Å²) in [7, 11) is 0. The molecule has 1 fully saturated rings. The summed E-state index contributed by atoms with van der Waals surface area (Å²) in [6.07, 6.45) is 1.84. The summed E-state index contributed by atoms with van der Waals surface area (Å²) in [5.74, 6) is 0.0889. The number of hydrogen-bond donors (Lipinski definition) is 2. The minimum absolute atomic E-state index is 0.130. The molecule has 0 saturated carbocycles. The van der Waals surface area contributed by atoms with Crippen LogP contribution in [0.4, 0.5) is 0 Å². The lowest BCUT2D eigenvalue weighted by Gasteiger charge is -2.34. The van der Waals surface area contributed by atoms with E-state index in [1.54, 1.807) is 11.0 Å². The van der Waals surface area contributed by atoms with Gasteiger partial charge in [-0.2, -0.15) is 5.10 Å². The van der Waals surface area contributed by atoms with Crippen LogP contribution in [0.2, 0.25) is 5.02 Å². The van der Waals surface area contributed by atoms with Crippen molar-refractivity contribution in [3.63, 3.8) is 0 Å². The molecule has 2 aromatic rings. The first-order chi connectivity index (χ1) is 10.6. The summed E-state index contributed by atoms with van der Waals surface area (Å²) in [5, 5.41) is 17.4. The summed E-state index contributed by atoms with van der Waals surface area (Å²) in [6, 6.07) is 7.33. The van der Waals surface area contributed by atoms with Crippen molar-refractivity contribution in [2.24, 2.45) is 5.92 Å². The van der Waals surface area contributed by atoms with Crippen molar-refractivity contribution >= 4 is 17.5 Å². The molecule has 2 heterocycles. The van der Waals surface area contributed by atoms with Crippen LogP contribution in [-0.2, 0) is 0 Å². The molecule has 22 heavy (non-hydrogen) atoms. The number of aromatic amines is 1. The molecule has 0 radical (unpaired) electrons. The number of nitrogens with zero attached hydrogens (tertiary/aromatic N) is 2. The lowest BCUT2D eigenvalue weighted by Crippen LogP contribution is -2.45. The molecule has 1 aromatic heterocycles.